The molecule has 1 aromatic heterocycles. The molecule has 0 radical (unpaired) electrons. The SMILES string of the molecule is CC(C)NC(=O)c1ccc(Cl)cc1NC(=O)COc1ccc(Cl)c2cccnc12. The van der Waals surface area contributed by atoms with Gasteiger partial charge in [-0.1, -0.05) is 23.2 Å². The van der Waals surface area contributed by atoms with E-state index >= 15 is 0 Å². The number of fused-ring (bicyclic) bond motifs is 1. The zero-order valence-corrected chi connectivity index (χ0v) is 17.3. The summed E-state index contributed by atoms with van der Waals surface area (Å²) in [7, 11) is 0. The van der Waals surface area contributed by atoms with Gasteiger partial charge in [0.25, 0.3) is 11.8 Å². The van der Waals surface area contributed by atoms with Crippen molar-refractivity contribution >= 4 is 51.6 Å². The second-order valence-electron chi connectivity index (χ2n) is 6.60. The summed E-state index contributed by atoms with van der Waals surface area (Å²) in [5.74, 6) is -0.310. The van der Waals surface area contributed by atoms with Crippen molar-refractivity contribution in [3.63, 3.8) is 0 Å². The molecule has 150 valence electrons. The average molecular weight is 432 g/mol. The molecule has 2 amide bonds. The molecule has 2 N–H and O–H groups in total. The number of rotatable bonds is 6. The van der Waals surface area contributed by atoms with Crippen molar-refractivity contribution in [2.75, 3.05) is 11.9 Å². The smallest absolute Gasteiger partial charge is 0.262 e. The standard InChI is InChI=1S/C21H19Cl2N3O3/c1-12(2)25-21(28)15-6-5-13(22)10-17(15)26-19(27)11-29-18-8-7-16(23)14-4-3-9-24-20(14)18/h3-10,12H,11H2,1-2H3,(H,25,28)(H,26,27). The van der Waals surface area contributed by atoms with Crippen molar-refractivity contribution < 1.29 is 14.3 Å². The van der Waals surface area contributed by atoms with E-state index in [1.165, 1.54) is 6.07 Å². The molecule has 1 heterocycles. The van der Waals surface area contributed by atoms with Crippen LogP contribution < -0.4 is 15.4 Å². The molecule has 0 fully saturated rings. The minimum Gasteiger partial charge on any atom is -0.481 e. The highest BCUT2D eigenvalue weighted by molar-refractivity contribution is 6.35. The highest BCUT2D eigenvalue weighted by Crippen LogP contribution is 2.29. The Morgan fingerprint density at radius 3 is 2.69 bits per heavy atom. The highest BCUT2D eigenvalue weighted by atomic mass is 35.5. The van der Waals surface area contributed by atoms with Crippen LogP contribution in [0.5, 0.6) is 5.75 Å². The predicted octanol–water partition coefficient (Wildman–Crippen LogP) is 4.70. The predicted molar refractivity (Wildman–Crippen MR) is 115 cm³/mol. The fourth-order valence-electron chi connectivity index (χ4n) is 2.72. The number of anilines is 1. The number of hydrogen-bond acceptors (Lipinski definition) is 4. The van der Waals surface area contributed by atoms with E-state index in [1.807, 2.05) is 19.9 Å². The Bertz CT molecular complexity index is 1070. The maximum absolute atomic E-state index is 12.4. The minimum absolute atomic E-state index is 0.0456. The Balaban J connectivity index is 1.74. The van der Waals surface area contributed by atoms with Crippen molar-refractivity contribution in [2.45, 2.75) is 19.9 Å². The van der Waals surface area contributed by atoms with Gasteiger partial charge in [-0.2, -0.15) is 0 Å². The Kier molecular flexibility index (Phi) is 6.56. The van der Waals surface area contributed by atoms with Gasteiger partial charge in [0, 0.05) is 22.6 Å². The van der Waals surface area contributed by atoms with Crippen LogP contribution in [-0.4, -0.2) is 29.4 Å². The number of hydrogen-bond donors (Lipinski definition) is 2. The topological polar surface area (TPSA) is 80.3 Å². The van der Waals surface area contributed by atoms with Crippen molar-refractivity contribution in [1.29, 1.82) is 0 Å². The van der Waals surface area contributed by atoms with Crippen LogP contribution in [0.3, 0.4) is 0 Å². The van der Waals surface area contributed by atoms with Gasteiger partial charge in [0.2, 0.25) is 0 Å². The fraction of sp³-hybridized carbons (Fsp3) is 0.190. The number of ether oxygens (including phenoxy) is 1. The lowest BCUT2D eigenvalue weighted by molar-refractivity contribution is -0.118. The molecule has 29 heavy (non-hydrogen) atoms. The number of halogens is 2. The van der Waals surface area contributed by atoms with Gasteiger partial charge in [-0.15, -0.1) is 0 Å². The van der Waals surface area contributed by atoms with E-state index in [9.17, 15) is 9.59 Å². The molecular formula is C21H19Cl2N3O3. The Hall–Kier alpha value is -2.83. The summed E-state index contributed by atoms with van der Waals surface area (Å²) in [5, 5.41) is 7.14. The minimum atomic E-state index is -0.440. The molecule has 0 aliphatic rings. The van der Waals surface area contributed by atoms with Crippen molar-refractivity contribution in [3.8, 4) is 5.75 Å². The van der Waals surface area contributed by atoms with Gasteiger partial charge in [-0.3, -0.25) is 14.6 Å². The lowest BCUT2D eigenvalue weighted by atomic mass is 10.1. The van der Waals surface area contributed by atoms with Crippen LogP contribution in [-0.2, 0) is 4.79 Å². The van der Waals surface area contributed by atoms with Gasteiger partial charge in [0.1, 0.15) is 11.3 Å². The van der Waals surface area contributed by atoms with Crippen LogP contribution in [0.1, 0.15) is 24.2 Å². The third-order valence-electron chi connectivity index (χ3n) is 3.96. The molecule has 6 nitrogen and oxygen atoms in total. The van der Waals surface area contributed by atoms with E-state index in [4.69, 9.17) is 27.9 Å². The number of amides is 2. The summed E-state index contributed by atoms with van der Waals surface area (Å²) >= 11 is 12.2. The van der Waals surface area contributed by atoms with Crippen molar-refractivity contribution in [3.05, 3.63) is 64.3 Å². The van der Waals surface area contributed by atoms with Gasteiger partial charge in [0.15, 0.2) is 6.61 Å². The van der Waals surface area contributed by atoms with Crippen LogP contribution in [0.25, 0.3) is 10.9 Å². The first kappa shape index (κ1) is 20.9. The van der Waals surface area contributed by atoms with Crippen LogP contribution in [0.15, 0.2) is 48.7 Å². The van der Waals surface area contributed by atoms with E-state index in [1.54, 1.807) is 36.5 Å². The van der Waals surface area contributed by atoms with Crippen molar-refractivity contribution in [1.82, 2.24) is 10.3 Å². The normalized spacial score (nSPS) is 10.8. The molecule has 3 rings (SSSR count). The first-order chi connectivity index (χ1) is 13.8. The largest absolute Gasteiger partial charge is 0.481 e. The van der Waals surface area contributed by atoms with Gasteiger partial charge >= 0.3 is 0 Å². The molecule has 0 aliphatic heterocycles. The number of aromatic nitrogens is 1. The number of benzene rings is 2. The molecular weight excluding hydrogens is 413 g/mol. The average Bonchev–Trinajstić information content (AvgIpc) is 2.67. The first-order valence-corrected chi connectivity index (χ1v) is 9.67. The van der Waals surface area contributed by atoms with E-state index < -0.39 is 5.91 Å². The van der Waals surface area contributed by atoms with Gasteiger partial charge in [0.05, 0.1) is 16.3 Å². The third kappa shape index (κ3) is 5.16. The van der Waals surface area contributed by atoms with E-state index in [-0.39, 0.29) is 18.6 Å². The summed E-state index contributed by atoms with van der Waals surface area (Å²) in [4.78, 5) is 29.1. The van der Waals surface area contributed by atoms with E-state index in [0.29, 0.717) is 32.6 Å². The molecule has 0 saturated carbocycles. The van der Waals surface area contributed by atoms with E-state index in [0.717, 1.165) is 5.39 Å². The number of nitrogens with one attached hydrogen (secondary N) is 2. The lowest BCUT2D eigenvalue weighted by Crippen LogP contribution is -2.31. The molecule has 0 bridgehead atoms. The number of carbonyl (C=O) groups is 2. The van der Waals surface area contributed by atoms with Crippen molar-refractivity contribution in [2.24, 2.45) is 0 Å². The monoisotopic (exact) mass is 431 g/mol. The van der Waals surface area contributed by atoms with E-state index in [2.05, 4.69) is 15.6 Å². The molecule has 3 aromatic rings. The quantitative estimate of drug-likeness (QED) is 0.592. The number of carbonyl (C=O) groups excluding carboxylic acids is 2. The Morgan fingerprint density at radius 1 is 1.14 bits per heavy atom. The molecule has 0 aliphatic carbocycles. The summed E-state index contributed by atoms with van der Waals surface area (Å²) < 4.78 is 5.64. The zero-order chi connectivity index (χ0) is 21.0. The summed E-state index contributed by atoms with van der Waals surface area (Å²) in [6, 6.07) is 11.6. The van der Waals surface area contributed by atoms with Crippen LogP contribution >= 0.6 is 23.2 Å². The third-order valence-corrected chi connectivity index (χ3v) is 4.52. The van der Waals surface area contributed by atoms with Gasteiger partial charge in [-0.05, 0) is 56.3 Å². The van der Waals surface area contributed by atoms with Crippen LogP contribution in [0.4, 0.5) is 5.69 Å². The van der Waals surface area contributed by atoms with Crippen LogP contribution in [0, 0.1) is 0 Å². The fourth-order valence-corrected chi connectivity index (χ4v) is 3.10. The van der Waals surface area contributed by atoms with Crippen LogP contribution in [0.2, 0.25) is 10.0 Å². The second kappa shape index (κ2) is 9.11. The molecule has 0 saturated heterocycles. The molecule has 2 aromatic carbocycles. The first-order valence-electron chi connectivity index (χ1n) is 8.91. The Morgan fingerprint density at radius 2 is 1.93 bits per heavy atom. The Labute approximate surface area is 178 Å². The van der Waals surface area contributed by atoms with Gasteiger partial charge in [-0.25, -0.2) is 0 Å². The summed E-state index contributed by atoms with van der Waals surface area (Å²) in [5.41, 5.74) is 1.19. The number of pyridine rings is 1. The maximum atomic E-state index is 12.4. The molecule has 8 heteroatoms. The van der Waals surface area contributed by atoms with Gasteiger partial charge < -0.3 is 15.4 Å². The highest BCUT2D eigenvalue weighted by Gasteiger charge is 2.16. The molecule has 0 spiro atoms. The molecule has 0 unspecified atom stereocenters. The second-order valence-corrected chi connectivity index (χ2v) is 7.44. The zero-order valence-electron chi connectivity index (χ0n) is 15.8. The molecule has 0 atom stereocenters. The maximum Gasteiger partial charge on any atom is 0.262 e. The summed E-state index contributed by atoms with van der Waals surface area (Å²) in [6.45, 7) is 3.43. The summed E-state index contributed by atoms with van der Waals surface area (Å²) in [6.07, 6.45) is 1.62. The lowest BCUT2D eigenvalue weighted by Gasteiger charge is -2.14. The number of nitrogens with zero attached hydrogens (tertiary/aromatic N) is 1.